The van der Waals surface area contributed by atoms with Gasteiger partial charge in [-0.3, -0.25) is 0 Å². The van der Waals surface area contributed by atoms with Gasteiger partial charge in [0.15, 0.2) is 0 Å². The van der Waals surface area contributed by atoms with E-state index in [9.17, 15) is 0 Å². The molecule has 0 N–H and O–H groups in total. The zero-order chi connectivity index (χ0) is 33.2. The minimum absolute atomic E-state index is 0.137. The number of benzene rings is 6. The van der Waals surface area contributed by atoms with Gasteiger partial charge in [-0.2, -0.15) is 20.1 Å². The number of rotatable bonds is 8. The molecule has 240 valence electrons. The summed E-state index contributed by atoms with van der Waals surface area (Å²) in [7, 11) is -2.79. The minimum Gasteiger partial charge on any atom is -0.163 e. The number of hydrogen-bond acceptors (Lipinski definition) is 0. The number of aryl methyl sites for hydroxylation is 2. The van der Waals surface area contributed by atoms with Crippen LogP contribution >= 0.6 is 20.1 Å². The van der Waals surface area contributed by atoms with Gasteiger partial charge < -0.3 is 0 Å². The van der Waals surface area contributed by atoms with Crippen LogP contribution in [0.25, 0.3) is 0 Å². The van der Waals surface area contributed by atoms with E-state index in [1.54, 1.807) is 0 Å². The van der Waals surface area contributed by atoms with Crippen LogP contribution < -0.4 is 0 Å². The third-order valence-corrected chi connectivity index (χ3v) is 16.9. The van der Waals surface area contributed by atoms with Gasteiger partial charge in [-0.1, -0.05) is 111 Å². The van der Waals surface area contributed by atoms with E-state index in [0.29, 0.717) is 0 Å². The summed E-state index contributed by atoms with van der Waals surface area (Å²) in [5.41, 5.74) is 6.78. The Kier molecular flexibility index (Phi) is 9.29. The SMILES string of the molecule is Cc1ccc(S(C)(c2ccc(C)cc2)c2ccc(Cc3ccc(S(C)(c4ccccc4)c4ccc(C(C)(C)C)cc4)cc3)cc2)cc1. The highest BCUT2D eigenvalue weighted by atomic mass is 32.3. The lowest BCUT2D eigenvalue weighted by Crippen LogP contribution is -2.11. The Hall–Kier alpha value is -3.98. The van der Waals surface area contributed by atoms with E-state index in [1.807, 2.05) is 0 Å². The van der Waals surface area contributed by atoms with E-state index in [0.717, 1.165) is 6.42 Å². The van der Waals surface area contributed by atoms with Crippen molar-refractivity contribution in [1.29, 1.82) is 0 Å². The molecular weight excluding hydrogens is 605 g/mol. The summed E-state index contributed by atoms with van der Waals surface area (Å²) in [4.78, 5) is 8.36. The molecule has 0 aliphatic heterocycles. The predicted octanol–water partition coefficient (Wildman–Crippen LogP) is 13.0. The molecule has 6 aromatic rings. The van der Waals surface area contributed by atoms with Crippen LogP contribution in [0.15, 0.2) is 181 Å². The second kappa shape index (κ2) is 13.3. The zero-order valence-corrected chi connectivity index (χ0v) is 30.6. The Morgan fingerprint density at radius 1 is 0.383 bits per heavy atom. The van der Waals surface area contributed by atoms with Gasteiger partial charge in [-0.25, -0.2) is 0 Å². The first kappa shape index (κ1) is 32.9. The average molecular weight is 653 g/mol. The molecule has 1 unspecified atom stereocenters. The van der Waals surface area contributed by atoms with Gasteiger partial charge >= 0.3 is 0 Å². The smallest absolute Gasteiger partial charge is 0.00210 e. The summed E-state index contributed by atoms with van der Waals surface area (Å²) in [5, 5.41) is 0. The summed E-state index contributed by atoms with van der Waals surface area (Å²) < 4.78 is 0. The zero-order valence-electron chi connectivity index (χ0n) is 29.0. The monoisotopic (exact) mass is 652 g/mol. The molecule has 0 radical (unpaired) electrons. The van der Waals surface area contributed by atoms with Crippen molar-refractivity contribution in [2.75, 3.05) is 12.5 Å². The highest BCUT2D eigenvalue weighted by Crippen LogP contribution is 2.66. The van der Waals surface area contributed by atoms with Gasteiger partial charge in [0.25, 0.3) is 0 Å². The standard InChI is InChI=1S/C45H48S2/c1-34-13-23-40(24-14-34)47(7,41-25-15-35(2)16-26-41)43-29-19-37(20-30-43)33-36-17-27-42(28-18-36)46(6,39-11-9-8-10-12-39)44-31-21-38(22-32-44)45(3,4)5/h8-32H,33H2,1-7H3. The molecule has 0 bridgehead atoms. The van der Waals surface area contributed by atoms with E-state index in [2.05, 4.69) is 199 Å². The molecule has 0 spiro atoms. The topological polar surface area (TPSA) is 0 Å². The van der Waals surface area contributed by atoms with Gasteiger partial charge in [0.1, 0.15) is 0 Å². The fraction of sp³-hybridized carbons (Fsp3) is 0.200. The first-order valence-corrected chi connectivity index (χ1v) is 20.6. The normalized spacial score (nSPS) is 14.3. The molecule has 6 aromatic carbocycles. The highest BCUT2D eigenvalue weighted by Gasteiger charge is 2.28. The average Bonchev–Trinajstić information content (AvgIpc) is 3.09. The van der Waals surface area contributed by atoms with Crippen LogP contribution in [-0.2, 0) is 11.8 Å². The molecule has 0 aromatic heterocycles. The van der Waals surface area contributed by atoms with Crippen LogP contribution in [0.1, 0.15) is 48.6 Å². The first-order chi connectivity index (χ1) is 22.5. The Morgan fingerprint density at radius 3 is 1.02 bits per heavy atom. The second-order valence-corrected chi connectivity index (χ2v) is 20.5. The Balaban J connectivity index is 1.29. The third kappa shape index (κ3) is 6.73. The molecule has 0 aliphatic rings. The van der Waals surface area contributed by atoms with Crippen LogP contribution in [0.2, 0.25) is 0 Å². The molecule has 1 atom stereocenters. The van der Waals surface area contributed by atoms with Crippen LogP contribution in [0.3, 0.4) is 0 Å². The molecule has 0 saturated carbocycles. The van der Waals surface area contributed by atoms with E-state index in [4.69, 9.17) is 0 Å². The molecule has 6 rings (SSSR count). The van der Waals surface area contributed by atoms with Crippen molar-refractivity contribution in [3.05, 3.63) is 179 Å². The fourth-order valence-electron chi connectivity index (χ4n) is 6.35. The molecular formula is C45H48S2. The maximum absolute atomic E-state index is 2.45. The van der Waals surface area contributed by atoms with E-state index >= 15 is 0 Å². The van der Waals surface area contributed by atoms with E-state index in [-0.39, 0.29) is 5.41 Å². The van der Waals surface area contributed by atoms with Crippen molar-refractivity contribution in [3.8, 4) is 0 Å². The van der Waals surface area contributed by atoms with Crippen molar-refractivity contribution in [2.24, 2.45) is 0 Å². The summed E-state index contributed by atoms with van der Waals surface area (Å²) in [6, 6.07) is 57.6. The van der Waals surface area contributed by atoms with Crippen LogP contribution in [-0.4, -0.2) is 12.5 Å². The minimum atomic E-state index is -1.40. The van der Waals surface area contributed by atoms with Crippen LogP contribution in [0, 0.1) is 13.8 Å². The largest absolute Gasteiger partial charge is 0.163 e. The number of hydrogen-bond donors (Lipinski definition) is 0. The molecule has 2 heteroatoms. The van der Waals surface area contributed by atoms with Gasteiger partial charge in [0.2, 0.25) is 0 Å². The molecule has 0 nitrogen and oxygen atoms in total. The lowest BCUT2D eigenvalue weighted by atomic mass is 9.87. The predicted molar refractivity (Wildman–Crippen MR) is 206 cm³/mol. The van der Waals surface area contributed by atoms with Crippen molar-refractivity contribution < 1.29 is 0 Å². The third-order valence-electron chi connectivity index (χ3n) is 9.59. The molecule has 0 amide bonds. The van der Waals surface area contributed by atoms with Gasteiger partial charge in [0, 0.05) is 0 Å². The summed E-state index contributed by atoms with van der Waals surface area (Å²) >= 11 is 0. The van der Waals surface area contributed by atoms with Crippen molar-refractivity contribution >= 4 is 20.1 Å². The van der Waals surface area contributed by atoms with Crippen molar-refractivity contribution in [3.63, 3.8) is 0 Å². The lowest BCUT2D eigenvalue weighted by Gasteiger charge is -2.38. The van der Waals surface area contributed by atoms with Gasteiger partial charge in [-0.15, -0.1) is 0 Å². The molecule has 0 saturated heterocycles. The maximum atomic E-state index is 2.45. The maximum Gasteiger partial charge on any atom is -0.00210 e. The fourth-order valence-corrected chi connectivity index (χ4v) is 12.1. The second-order valence-electron chi connectivity index (χ2n) is 14.0. The highest BCUT2D eigenvalue weighted by molar-refractivity contribution is 8.33. The van der Waals surface area contributed by atoms with Crippen molar-refractivity contribution in [2.45, 2.75) is 75.8 Å². The summed E-state index contributed by atoms with van der Waals surface area (Å²) in [6.07, 6.45) is 5.81. The summed E-state index contributed by atoms with van der Waals surface area (Å²) in [6.45, 7) is 11.2. The Morgan fingerprint density at radius 2 is 0.681 bits per heavy atom. The first-order valence-electron chi connectivity index (χ1n) is 16.5. The van der Waals surface area contributed by atoms with Gasteiger partial charge in [-0.05, 0) is 157 Å². The van der Waals surface area contributed by atoms with Crippen LogP contribution in [0.4, 0.5) is 0 Å². The Labute approximate surface area is 286 Å². The molecule has 0 aliphatic carbocycles. The molecule has 0 heterocycles. The Bertz CT molecular complexity index is 1870. The molecule has 47 heavy (non-hydrogen) atoms. The molecule has 0 fully saturated rings. The summed E-state index contributed by atoms with van der Waals surface area (Å²) in [5.74, 6) is 0. The van der Waals surface area contributed by atoms with Gasteiger partial charge in [0.05, 0.1) is 0 Å². The van der Waals surface area contributed by atoms with E-state index < -0.39 is 20.1 Å². The van der Waals surface area contributed by atoms with Crippen LogP contribution in [0.5, 0.6) is 0 Å². The quantitative estimate of drug-likeness (QED) is 0.153. The van der Waals surface area contributed by atoms with E-state index in [1.165, 1.54) is 57.2 Å². The van der Waals surface area contributed by atoms with Crippen molar-refractivity contribution in [1.82, 2.24) is 0 Å². The lowest BCUT2D eigenvalue weighted by molar-refractivity contribution is 0.589.